The van der Waals surface area contributed by atoms with Crippen LogP contribution in [0.25, 0.3) is 22.2 Å². The summed E-state index contributed by atoms with van der Waals surface area (Å²) >= 11 is 0. The fraction of sp³-hybridized carbons (Fsp3) is 0.0556. The van der Waals surface area contributed by atoms with E-state index in [1.165, 1.54) is 28.8 Å². The van der Waals surface area contributed by atoms with Crippen LogP contribution in [0, 0.1) is 10.1 Å². The number of nitro benzene ring substituents is 1. The summed E-state index contributed by atoms with van der Waals surface area (Å²) in [5, 5.41) is 11.6. The molecule has 0 bridgehead atoms. The maximum absolute atomic E-state index is 12.9. The summed E-state index contributed by atoms with van der Waals surface area (Å²) in [4.78, 5) is 40.5. The minimum atomic E-state index is -0.567. The van der Waals surface area contributed by atoms with E-state index in [-0.39, 0.29) is 23.4 Å². The fourth-order valence-electron chi connectivity index (χ4n) is 3.24. The van der Waals surface area contributed by atoms with Crippen molar-refractivity contribution in [3.05, 3.63) is 80.8 Å². The Kier molecular flexibility index (Phi) is 3.11. The van der Waals surface area contributed by atoms with Gasteiger partial charge in [0.1, 0.15) is 0 Å². The first-order chi connectivity index (χ1) is 12.0. The van der Waals surface area contributed by atoms with E-state index >= 15 is 0 Å². The van der Waals surface area contributed by atoms with Crippen molar-refractivity contribution in [1.82, 2.24) is 9.55 Å². The zero-order valence-corrected chi connectivity index (χ0v) is 12.9. The van der Waals surface area contributed by atoms with E-state index in [1.807, 2.05) is 0 Å². The van der Waals surface area contributed by atoms with E-state index < -0.39 is 10.5 Å². The van der Waals surface area contributed by atoms with Gasteiger partial charge in [0.25, 0.3) is 11.2 Å². The van der Waals surface area contributed by atoms with Crippen LogP contribution in [-0.4, -0.2) is 20.3 Å². The van der Waals surface area contributed by atoms with Gasteiger partial charge in [-0.3, -0.25) is 24.7 Å². The number of hydrogen-bond donors (Lipinski definition) is 0. The molecule has 4 rings (SSSR count). The number of hydrogen-bond acceptors (Lipinski definition) is 5. The van der Waals surface area contributed by atoms with Gasteiger partial charge in [-0.05, 0) is 18.2 Å². The predicted molar refractivity (Wildman–Crippen MR) is 91.7 cm³/mol. The molecule has 0 N–H and O–H groups in total. The number of nitro groups is 1. The number of nitrogens with zero attached hydrogens (tertiary/aromatic N) is 3. The first-order valence-corrected chi connectivity index (χ1v) is 7.50. The maximum atomic E-state index is 12.9. The topological polar surface area (TPSA) is 95.1 Å². The highest BCUT2D eigenvalue weighted by Crippen LogP contribution is 2.38. The first-order valence-electron chi connectivity index (χ1n) is 7.50. The summed E-state index contributed by atoms with van der Waals surface area (Å²) in [6.45, 7) is 3.82. The number of pyridine rings is 2. The average molecular weight is 333 g/mol. The molecule has 2 aromatic heterocycles. The smallest absolute Gasteiger partial charge is 0.270 e. The third-order valence-electron chi connectivity index (χ3n) is 4.28. The van der Waals surface area contributed by atoms with Crippen LogP contribution in [0.1, 0.15) is 15.9 Å². The van der Waals surface area contributed by atoms with Gasteiger partial charge in [0.05, 0.1) is 32.8 Å². The second kappa shape index (κ2) is 5.20. The Balaban J connectivity index is 2.21. The number of non-ortho nitro benzene ring substituents is 1. The largest absolute Gasteiger partial charge is 0.302 e. The number of aromatic nitrogens is 2. The molecular weight excluding hydrogens is 322 g/mol. The quantitative estimate of drug-likeness (QED) is 0.326. The lowest BCUT2D eigenvalue weighted by Crippen LogP contribution is -2.23. The van der Waals surface area contributed by atoms with Gasteiger partial charge in [-0.25, -0.2) is 0 Å². The summed E-state index contributed by atoms with van der Waals surface area (Å²) in [6.07, 6.45) is 3.10. The van der Waals surface area contributed by atoms with Crippen LogP contribution >= 0.6 is 0 Å². The Labute approximate surface area is 141 Å². The molecule has 0 saturated carbocycles. The van der Waals surface area contributed by atoms with Gasteiger partial charge in [0.15, 0.2) is 5.78 Å². The molecule has 1 aliphatic rings. The van der Waals surface area contributed by atoms with E-state index in [0.29, 0.717) is 27.9 Å². The highest BCUT2D eigenvalue weighted by atomic mass is 16.6. The minimum absolute atomic E-state index is 0.135. The molecule has 122 valence electrons. The van der Waals surface area contributed by atoms with Crippen LogP contribution in [0.15, 0.2) is 54.0 Å². The van der Waals surface area contributed by atoms with Crippen molar-refractivity contribution in [3.63, 3.8) is 0 Å². The minimum Gasteiger partial charge on any atom is -0.302 e. The SMILES string of the molecule is C=CCn1c2c(c3ccc([N+](=O)[O-])cc3c1=O)C(=O)c1cccnc1-2. The lowest BCUT2D eigenvalue weighted by Gasteiger charge is -2.12. The van der Waals surface area contributed by atoms with E-state index in [1.54, 1.807) is 18.3 Å². The van der Waals surface area contributed by atoms with Crippen LogP contribution < -0.4 is 5.56 Å². The van der Waals surface area contributed by atoms with Crippen molar-refractivity contribution in [2.24, 2.45) is 0 Å². The van der Waals surface area contributed by atoms with Crippen LogP contribution in [0.2, 0.25) is 0 Å². The molecule has 0 atom stereocenters. The number of carbonyl (C=O) groups excluding carboxylic acids is 1. The molecule has 7 heteroatoms. The molecule has 7 nitrogen and oxygen atoms in total. The van der Waals surface area contributed by atoms with Crippen molar-refractivity contribution >= 4 is 22.2 Å². The normalized spacial score (nSPS) is 12.1. The Bertz CT molecular complexity index is 1160. The zero-order valence-electron chi connectivity index (χ0n) is 12.9. The van der Waals surface area contributed by atoms with Crippen LogP contribution in [-0.2, 0) is 6.54 Å². The summed E-state index contributed by atoms with van der Waals surface area (Å²) in [6, 6.07) is 7.27. The summed E-state index contributed by atoms with van der Waals surface area (Å²) in [5.41, 5.74) is 1.04. The summed E-state index contributed by atoms with van der Waals surface area (Å²) in [7, 11) is 0. The van der Waals surface area contributed by atoms with Crippen LogP contribution in [0.4, 0.5) is 5.69 Å². The molecule has 0 spiro atoms. The second-order valence-electron chi connectivity index (χ2n) is 5.64. The number of benzene rings is 1. The van der Waals surface area contributed by atoms with Crippen molar-refractivity contribution in [1.29, 1.82) is 0 Å². The molecule has 0 fully saturated rings. The Morgan fingerprint density at radius 2 is 2.04 bits per heavy atom. The van der Waals surface area contributed by atoms with Crippen LogP contribution in [0.5, 0.6) is 0 Å². The van der Waals surface area contributed by atoms with E-state index in [0.717, 1.165) is 0 Å². The Morgan fingerprint density at radius 3 is 2.76 bits per heavy atom. The number of allylic oxidation sites excluding steroid dienone is 1. The Morgan fingerprint density at radius 1 is 1.24 bits per heavy atom. The molecule has 0 amide bonds. The molecule has 25 heavy (non-hydrogen) atoms. The number of carbonyl (C=O) groups is 1. The zero-order chi connectivity index (χ0) is 17.7. The van der Waals surface area contributed by atoms with Gasteiger partial charge in [-0.1, -0.05) is 6.08 Å². The van der Waals surface area contributed by atoms with Gasteiger partial charge in [0.2, 0.25) is 0 Å². The van der Waals surface area contributed by atoms with Crippen molar-refractivity contribution in [2.45, 2.75) is 6.54 Å². The number of fused-ring (bicyclic) bond motifs is 5. The van der Waals surface area contributed by atoms with Crippen molar-refractivity contribution in [2.75, 3.05) is 0 Å². The highest BCUT2D eigenvalue weighted by Gasteiger charge is 2.33. The fourth-order valence-corrected chi connectivity index (χ4v) is 3.24. The summed E-state index contributed by atoms with van der Waals surface area (Å²) in [5.74, 6) is -0.241. The molecule has 2 heterocycles. The molecule has 1 aromatic carbocycles. The standard InChI is InChI=1S/C18H11N3O4/c1-2-8-20-16-14(17(22)12-4-3-7-19-15(12)16)11-6-5-10(21(24)25)9-13(11)18(20)23/h2-7,9H,1,8H2. The third-order valence-corrected chi connectivity index (χ3v) is 4.28. The molecule has 3 aromatic rings. The summed E-state index contributed by atoms with van der Waals surface area (Å²) < 4.78 is 1.39. The third kappa shape index (κ3) is 1.96. The van der Waals surface area contributed by atoms with Gasteiger partial charge in [-0.2, -0.15) is 0 Å². The highest BCUT2D eigenvalue weighted by molar-refractivity contribution is 6.26. The number of rotatable bonds is 3. The lowest BCUT2D eigenvalue weighted by atomic mass is 10.0. The van der Waals surface area contributed by atoms with E-state index in [2.05, 4.69) is 11.6 Å². The Hall–Kier alpha value is -3.61. The number of ketones is 1. The molecule has 0 radical (unpaired) electrons. The van der Waals surface area contributed by atoms with Crippen molar-refractivity contribution < 1.29 is 9.72 Å². The molecule has 1 aliphatic carbocycles. The van der Waals surface area contributed by atoms with Crippen LogP contribution in [0.3, 0.4) is 0 Å². The van der Waals surface area contributed by atoms with Crippen molar-refractivity contribution in [3.8, 4) is 11.4 Å². The van der Waals surface area contributed by atoms with Gasteiger partial charge < -0.3 is 4.57 Å². The average Bonchev–Trinajstić information content (AvgIpc) is 2.91. The van der Waals surface area contributed by atoms with E-state index in [9.17, 15) is 19.7 Å². The van der Waals surface area contributed by atoms with Gasteiger partial charge in [0, 0.05) is 30.3 Å². The molecular formula is C18H11N3O4. The molecule has 0 saturated heterocycles. The van der Waals surface area contributed by atoms with Gasteiger partial charge >= 0.3 is 0 Å². The molecule has 0 unspecified atom stereocenters. The first kappa shape index (κ1) is 14.9. The molecule has 0 aliphatic heterocycles. The van der Waals surface area contributed by atoms with Gasteiger partial charge in [-0.15, -0.1) is 6.58 Å². The monoisotopic (exact) mass is 333 g/mol. The van der Waals surface area contributed by atoms with E-state index in [4.69, 9.17) is 0 Å². The predicted octanol–water partition coefficient (Wildman–Crippen LogP) is 2.70. The second-order valence-corrected chi connectivity index (χ2v) is 5.64. The maximum Gasteiger partial charge on any atom is 0.270 e. The lowest BCUT2D eigenvalue weighted by molar-refractivity contribution is -0.384.